The number of carbonyl (C=O) groups excluding carboxylic acids is 2. The fourth-order valence-corrected chi connectivity index (χ4v) is 0.676. The molecular formula is C8H15NO4. The van der Waals surface area contributed by atoms with Gasteiger partial charge in [-0.2, -0.15) is 0 Å². The zero-order valence-corrected chi connectivity index (χ0v) is 8.12. The summed E-state index contributed by atoms with van der Waals surface area (Å²) < 4.78 is 9.26. The van der Waals surface area contributed by atoms with Gasteiger partial charge in [-0.05, 0) is 20.8 Å². The fourth-order valence-electron chi connectivity index (χ4n) is 0.676. The van der Waals surface area contributed by atoms with Crippen molar-refractivity contribution in [2.75, 3.05) is 13.2 Å². The van der Waals surface area contributed by atoms with Crippen LogP contribution in [0.5, 0.6) is 0 Å². The molecule has 1 N–H and O–H groups in total. The van der Waals surface area contributed by atoms with Crippen molar-refractivity contribution in [2.24, 2.45) is 0 Å². The Labute approximate surface area is 77.4 Å². The molecule has 5 nitrogen and oxygen atoms in total. The van der Waals surface area contributed by atoms with Gasteiger partial charge in [0.2, 0.25) is 0 Å². The standard InChI is InChI=1S/C8H15NO4/c1-4-12-7(10)6(3)9-8(11)13-5-2/h6H,4-5H2,1-3H3,(H,9,11)/t6-/m0/s1. The van der Waals surface area contributed by atoms with E-state index in [1.807, 2.05) is 0 Å². The predicted octanol–water partition coefficient (Wildman–Crippen LogP) is 0.684. The number of ether oxygens (including phenoxy) is 2. The predicted molar refractivity (Wildman–Crippen MR) is 46.3 cm³/mol. The maximum absolute atomic E-state index is 11.0. The lowest BCUT2D eigenvalue weighted by Crippen LogP contribution is -2.39. The van der Waals surface area contributed by atoms with Gasteiger partial charge in [0.1, 0.15) is 6.04 Å². The van der Waals surface area contributed by atoms with Crippen LogP contribution in [0.2, 0.25) is 0 Å². The third kappa shape index (κ3) is 5.05. The molecule has 0 aliphatic heterocycles. The lowest BCUT2D eigenvalue weighted by atomic mass is 10.3. The SMILES string of the molecule is CCOC(=O)N[C@@H](C)C(=O)OCC. The van der Waals surface area contributed by atoms with Gasteiger partial charge in [0.25, 0.3) is 0 Å². The Morgan fingerprint density at radius 1 is 1.23 bits per heavy atom. The molecule has 0 saturated carbocycles. The Bertz CT molecular complexity index is 181. The first-order chi connectivity index (χ1) is 6.11. The van der Waals surface area contributed by atoms with E-state index in [4.69, 9.17) is 0 Å². The highest BCUT2D eigenvalue weighted by molar-refractivity contribution is 5.80. The molecule has 0 aliphatic carbocycles. The molecule has 0 saturated heterocycles. The summed E-state index contributed by atoms with van der Waals surface area (Å²) in [5, 5.41) is 2.33. The second-order valence-electron chi connectivity index (χ2n) is 2.34. The smallest absolute Gasteiger partial charge is 0.407 e. The van der Waals surface area contributed by atoms with E-state index in [-0.39, 0.29) is 6.61 Å². The van der Waals surface area contributed by atoms with Gasteiger partial charge in [-0.25, -0.2) is 9.59 Å². The van der Waals surface area contributed by atoms with Gasteiger partial charge < -0.3 is 14.8 Å². The summed E-state index contributed by atoms with van der Waals surface area (Å²) >= 11 is 0. The van der Waals surface area contributed by atoms with Crippen molar-refractivity contribution >= 4 is 12.1 Å². The van der Waals surface area contributed by atoms with E-state index in [1.54, 1.807) is 13.8 Å². The summed E-state index contributed by atoms with van der Waals surface area (Å²) in [5.41, 5.74) is 0. The van der Waals surface area contributed by atoms with Crippen LogP contribution in [0.3, 0.4) is 0 Å². The molecular weight excluding hydrogens is 174 g/mol. The second-order valence-corrected chi connectivity index (χ2v) is 2.34. The van der Waals surface area contributed by atoms with Crippen LogP contribution < -0.4 is 5.32 Å². The highest BCUT2D eigenvalue weighted by Gasteiger charge is 2.16. The maximum Gasteiger partial charge on any atom is 0.407 e. The molecule has 0 aromatic rings. The summed E-state index contributed by atoms with van der Waals surface area (Å²) in [6.45, 7) is 5.51. The van der Waals surface area contributed by atoms with E-state index in [9.17, 15) is 9.59 Å². The molecule has 76 valence electrons. The van der Waals surface area contributed by atoms with Crippen molar-refractivity contribution in [2.45, 2.75) is 26.8 Å². The van der Waals surface area contributed by atoms with E-state index in [0.29, 0.717) is 6.61 Å². The average molecular weight is 189 g/mol. The summed E-state index contributed by atoms with van der Waals surface area (Å²) in [7, 11) is 0. The minimum Gasteiger partial charge on any atom is -0.464 e. The highest BCUT2D eigenvalue weighted by Crippen LogP contribution is 1.89. The van der Waals surface area contributed by atoms with Gasteiger partial charge in [0.05, 0.1) is 13.2 Å². The van der Waals surface area contributed by atoms with Crippen LogP contribution in [0.4, 0.5) is 4.79 Å². The van der Waals surface area contributed by atoms with Crippen molar-refractivity contribution in [3.63, 3.8) is 0 Å². The quantitative estimate of drug-likeness (QED) is 0.660. The Hall–Kier alpha value is -1.26. The first-order valence-electron chi connectivity index (χ1n) is 4.21. The van der Waals surface area contributed by atoms with Crippen LogP contribution in [-0.2, 0) is 14.3 Å². The molecule has 0 aromatic heterocycles. The van der Waals surface area contributed by atoms with Crippen molar-refractivity contribution in [3.05, 3.63) is 0 Å². The lowest BCUT2D eigenvalue weighted by Gasteiger charge is -2.11. The van der Waals surface area contributed by atoms with Gasteiger partial charge in [-0.1, -0.05) is 0 Å². The first-order valence-corrected chi connectivity index (χ1v) is 4.21. The molecule has 1 atom stereocenters. The fraction of sp³-hybridized carbons (Fsp3) is 0.750. The molecule has 0 heterocycles. The number of hydrogen-bond donors (Lipinski definition) is 1. The van der Waals surface area contributed by atoms with Crippen molar-refractivity contribution in [3.8, 4) is 0 Å². The van der Waals surface area contributed by atoms with Crippen LogP contribution in [-0.4, -0.2) is 31.3 Å². The van der Waals surface area contributed by atoms with Gasteiger partial charge in [0.15, 0.2) is 0 Å². The van der Waals surface area contributed by atoms with Crippen LogP contribution in [0.15, 0.2) is 0 Å². The van der Waals surface area contributed by atoms with Crippen molar-refractivity contribution in [1.82, 2.24) is 5.32 Å². The summed E-state index contributed by atoms with van der Waals surface area (Å²) in [6.07, 6.45) is -0.608. The largest absolute Gasteiger partial charge is 0.464 e. The van der Waals surface area contributed by atoms with Crippen LogP contribution in [0, 0.1) is 0 Å². The van der Waals surface area contributed by atoms with Crippen LogP contribution in [0.25, 0.3) is 0 Å². The molecule has 0 spiro atoms. The van der Waals surface area contributed by atoms with Crippen molar-refractivity contribution in [1.29, 1.82) is 0 Å². The van der Waals surface area contributed by atoms with Gasteiger partial charge in [0, 0.05) is 0 Å². The van der Waals surface area contributed by atoms with E-state index in [1.165, 1.54) is 6.92 Å². The molecule has 13 heavy (non-hydrogen) atoms. The van der Waals surface area contributed by atoms with Crippen LogP contribution in [0.1, 0.15) is 20.8 Å². The number of rotatable bonds is 4. The summed E-state index contributed by atoms with van der Waals surface area (Å²) in [5.74, 6) is -0.462. The number of alkyl carbamates (subject to hydrolysis) is 1. The monoisotopic (exact) mass is 189 g/mol. The zero-order valence-electron chi connectivity index (χ0n) is 8.12. The minimum atomic E-state index is -0.668. The van der Waals surface area contributed by atoms with Crippen molar-refractivity contribution < 1.29 is 19.1 Å². The minimum absolute atomic E-state index is 0.279. The Morgan fingerprint density at radius 3 is 2.23 bits per heavy atom. The molecule has 0 rings (SSSR count). The van der Waals surface area contributed by atoms with Gasteiger partial charge in [-0.15, -0.1) is 0 Å². The zero-order chi connectivity index (χ0) is 10.3. The number of nitrogens with one attached hydrogen (secondary N) is 1. The van der Waals surface area contributed by atoms with E-state index < -0.39 is 18.1 Å². The van der Waals surface area contributed by atoms with E-state index in [0.717, 1.165) is 0 Å². The highest BCUT2D eigenvalue weighted by atomic mass is 16.6. The average Bonchev–Trinajstić information content (AvgIpc) is 2.05. The number of amides is 1. The molecule has 0 unspecified atom stereocenters. The molecule has 0 aromatic carbocycles. The normalized spacial score (nSPS) is 11.6. The topological polar surface area (TPSA) is 64.6 Å². The third-order valence-electron chi connectivity index (χ3n) is 1.25. The summed E-state index contributed by atoms with van der Waals surface area (Å²) in [4.78, 5) is 21.8. The second kappa shape index (κ2) is 6.28. The number of hydrogen-bond acceptors (Lipinski definition) is 4. The van der Waals surface area contributed by atoms with Crippen LogP contribution >= 0.6 is 0 Å². The Balaban J connectivity index is 3.78. The number of esters is 1. The van der Waals surface area contributed by atoms with Gasteiger partial charge >= 0.3 is 12.1 Å². The summed E-state index contributed by atoms with van der Waals surface area (Å²) in [6, 6.07) is -0.668. The number of carbonyl (C=O) groups is 2. The molecule has 0 radical (unpaired) electrons. The lowest BCUT2D eigenvalue weighted by molar-refractivity contribution is -0.145. The van der Waals surface area contributed by atoms with Gasteiger partial charge in [-0.3, -0.25) is 0 Å². The molecule has 5 heteroatoms. The molecule has 0 fully saturated rings. The molecule has 0 aliphatic rings. The first kappa shape index (κ1) is 11.7. The Morgan fingerprint density at radius 2 is 1.77 bits per heavy atom. The van der Waals surface area contributed by atoms with E-state index in [2.05, 4.69) is 14.8 Å². The van der Waals surface area contributed by atoms with E-state index >= 15 is 0 Å². The maximum atomic E-state index is 11.0. The third-order valence-corrected chi connectivity index (χ3v) is 1.25. The molecule has 0 bridgehead atoms. The Kier molecular flexibility index (Phi) is 5.67. The molecule has 1 amide bonds.